The smallest absolute Gasteiger partial charge is 0.252 e. The summed E-state index contributed by atoms with van der Waals surface area (Å²) in [4.78, 5) is 8.55. The SMILES string of the molecule is Cc1cc(C(C)(C)C)cc(C)c1N1c2cc(N3c4ccc(C(C)(C)C)cc4C4(C)CCCCC34C)cc3c2B(c2cc(-c4ccc(C(C)(C)C)cc4)cc4c2N3C2(C)CCCCC42C)c2ccc3c(oc4ccccc43)c21. The Morgan fingerprint density at radius 2 is 1.06 bits per heavy atom. The molecule has 2 fully saturated rings. The van der Waals surface area contributed by atoms with Gasteiger partial charge in [-0.3, -0.25) is 0 Å². The lowest BCUT2D eigenvalue weighted by molar-refractivity contribution is 0.194. The summed E-state index contributed by atoms with van der Waals surface area (Å²) in [5.41, 5.74) is 27.4. The van der Waals surface area contributed by atoms with E-state index in [1.165, 1.54) is 144 Å². The maximum Gasteiger partial charge on any atom is 0.252 e. The molecular weight excluding hydrogens is 934 g/mol. The number of rotatable bonds is 3. The second kappa shape index (κ2) is 15.8. The molecule has 4 unspecified atom stereocenters. The minimum atomic E-state index is -0.157. The zero-order valence-electron chi connectivity index (χ0n) is 49.0. The molecule has 6 aliphatic rings. The molecule has 2 saturated carbocycles. The van der Waals surface area contributed by atoms with E-state index in [0.29, 0.717) is 0 Å². The molecule has 0 bridgehead atoms. The van der Waals surface area contributed by atoms with Crippen LogP contribution in [0.15, 0.2) is 120 Å². The van der Waals surface area contributed by atoms with Gasteiger partial charge in [-0.25, -0.2) is 0 Å². The fourth-order valence-electron chi connectivity index (χ4n) is 16.6. The van der Waals surface area contributed by atoms with Crippen molar-refractivity contribution < 1.29 is 4.42 Å². The topological polar surface area (TPSA) is 22.9 Å². The summed E-state index contributed by atoms with van der Waals surface area (Å²) >= 11 is 0. The van der Waals surface area contributed by atoms with Gasteiger partial charge in [0.15, 0.2) is 5.58 Å². The molecule has 4 atom stereocenters. The summed E-state index contributed by atoms with van der Waals surface area (Å²) in [6.45, 7) is 36.4. The van der Waals surface area contributed by atoms with Gasteiger partial charge in [-0.05, 0) is 166 Å². The Morgan fingerprint density at radius 1 is 0.468 bits per heavy atom. The molecule has 0 spiro atoms. The first kappa shape index (κ1) is 49.1. The lowest BCUT2D eigenvalue weighted by atomic mass is 9.33. The molecule has 2 aliphatic carbocycles. The van der Waals surface area contributed by atoms with Crippen LogP contribution in [0, 0.1) is 13.8 Å². The first-order chi connectivity index (χ1) is 36.4. The Bertz CT molecular complexity index is 3820. The van der Waals surface area contributed by atoms with Crippen LogP contribution in [0.2, 0.25) is 0 Å². The maximum absolute atomic E-state index is 7.36. The Kier molecular flexibility index (Phi) is 10.1. The number of fused-ring (bicyclic) bond motifs is 14. The van der Waals surface area contributed by atoms with Gasteiger partial charge in [0.25, 0.3) is 6.71 Å². The Balaban J connectivity index is 1.14. The maximum atomic E-state index is 7.36. The standard InChI is InChI=1S/C72H80BN3O/c1-43-36-49(68(9,10)11)37-44(2)62(43)74-58-41-50(75-57-31-28-48(67(6,7)8)40-53(57)69(12)32-18-20-34-71(69,75)14)42-59-61(58)73(55-30-29-52-51-22-16-17-23-60(51)77-65(52)64(55)74)56-39-46(45-24-26-47(27-25-45)66(3,4)5)38-54-63(56)76(59)72(15)35-21-19-33-70(54,72)13/h16-17,22-31,36-42H,18-21,32-35H2,1-15H3. The molecule has 4 aliphatic heterocycles. The number of hydrogen-bond acceptors (Lipinski definition) is 4. The summed E-state index contributed by atoms with van der Waals surface area (Å²) in [7, 11) is 0. The van der Waals surface area contributed by atoms with Crippen LogP contribution in [-0.2, 0) is 27.1 Å². The molecule has 5 heterocycles. The highest BCUT2D eigenvalue weighted by Crippen LogP contribution is 2.65. The van der Waals surface area contributed by atoms with Crippen molar-refractivity contribution >= 4 is 84.9 Å². The van der Waals surface area contributed by atoms with Crippen LogP contribution < -0.4 is 31.1 Å². The van der Waals surface area contributed by atoms with E-state index in [1.54, 1.807) is 0 Å². The average Bonchev–Trinajstić information content (AvgIpc) is 3.19. The average molecular weight is 1010 g/mol. The van der Waals surface area contributed by atoms with Crippen molar-refractivity contribution in [3.63, 3.8) is 0 Å². The monoisotopic (exact) mass is 1010 g/mol. The molecule has 1 aromatic heterocycles. The van der Waals surface area contributed by atoms with Crippen molar-refractivity contribution in [3.05, 3.63) is 154 Å². The highest BCUT2D eigenvalue weighted by Gasteiger charge is 2.63. The highest BCUT2D eigenvalue weighted by molar-refractivity contribution is 7.00. The second-order valence-electron chi connectivity index (χ2n) is 28.9. The third-order valence-electron chi connectivity index (χ3n) is 21.4. The largest absolute Gasteiger partial charge is 0.454 e. The zero-order valence-corrected chi connectivity index (χ0v) is 49.0. The van der Waals surface area contributed by atoms with Crippen LogP contribution >= 0.6 is 0 Å². The van der Waals surface area contributed by atoms with Crippen molar-refractivity contribution in [3.8, 4) is 11.1 Å². The van der Waals surface area contributed by atoms with Gasteiger partial charge in [-0.1, -0.05) is 187 Å². The van der Waals surface area contributed by atoms with Crippen molar-refractivity contribution in [2.24, 2.45) is 0 Å². The van der Waals surface area contributed by atoms with Gasteiger partial charge in [-0.15, -0.1) is 0 Å². The van der Waals surface area contributed by atoms with Crippen LogP contribution in [0.3, 0.4) is 0 Å². The molecule has 14 rings (SSSR count). The summed E-state index contributed by atoms with van der Waals surface area (Å²) < 4.78 is 7.36. The second-order valence-corrected chi connectivity index (χ2v) is 28.9. The molecule has 0 amide bonds. The quantitative estimate of drug-likeness (QED) is 0.165. The van der Waals surface area contributed by atoms with Gasteiger partial charge < -0.3 is 19.1 Å². The fraction of sp³-hybridized carbons (Fsp3) is 0.417. The molecule has 7 aromatic carbocycles. The predicted octanol–water partition coefficient (Wildman–Crippen LogP) is 17.9. The summed E-state index contributed by atoms with van der Waals surface area (Å²) in [5, 5.41) is 2.33. The van der Waals surface area contributed by atoms with Crippen LogP contribution in [0.1, 0.15) is 180 Å². The summed E-state index contributed by atoms with van der Waals surface area (Å²) in [6.07, 6.45) is 9.57. The van der Waals surface area contributed by atoms with E-state index in [-0.39, 0.29) is 44.9 Å². The van der Waals surface area contributed by atoms with E-state index in [0.717, 1.165) is 35.8 Å². The van der Waals surface area contributed by atoms with Crippen molar-refractivity contribution in [1.29, 1.82) is 0 Å². The van der Waals surface area contributed by atoms with Crippen LogP contribution in [-0.4, -0.2) is 17.8 Å². The van der Waals surface area contributed by atoms with Crippen LogP contribution in [0.5, 0.6) is 0 Å². The summed E-state index contributed by atoms with van der Waals surface area (Å²) in [5.74, 6) is 0. The molecule has 0 saturated heterocycles. The zero-order chi connectivity index (χ0) is 53.9. The third kappa shape index (κ3) is 6.46. The Labute approximate surface area is 460 Å². The number of furan rings is 1. The molecular formula is C72H80BN3O. The number of hydrogen-bond donors (Lipinski definition) is 0. The Morgan fingerprint density at radius 3 is 1.73 bits per heavy atom. The van der Waals surface area contributed by atoms with Crippen molar-refractivity contribution in [1.82, 2.24) is 0 Å². The van der Waals surface area contributed by atoms with Gasteiger partial charge >= 0.3 is 0 Å². The molecule has 8 aromatic rings. The van der Waals surface area contributed by atoms with Gasteiger partial charge in [0.2, 0.25) is 0 Å². The van der Waals surface area contributed by atoms with Gasteiger partial charge in [-0.2, -0.15) is 0 Å². The Hall–Kier alpha value is -6.20. The first-order valence-corrected chi connectivity index (χ1v) is 29.5. The van der Waals surface area contributed by atoms with Crippen molar-refractivity contribution in [2.75, 3.05) is 14.7 Å². The number of aryl methyl sites for hydroxylation is 2. The van der Waals surface area contributed by atoms with E-state index in [4.69, 9.17) is 4.42 Å². The molecule has 0 radical (unpaired) electrons. The number of nitrogens with zero attached hydrogens (tertiary/aromatic N) is 3. The highest BCUT2D eigenvalue weighted by atomic mass is 16.3. The normalized spacial score (nSPS) is 24.2. The van der Waals surface area contributed by atoms with Gasteiger partial charge in [0.1, 0.15) is 5.58 Å². The van der Waals surface area contributed by atoms with E-state index in [2.05, 4.69) is 234 Å². The molecule has 392 valence electrons. The number of para-hydroxylation sites is 1. The molecule has 4 nitrogen and oxygen atoms in total. The van der Waals surface area contributed by atoms with Gasteiger partial charge in [0, 0.05) is 50.0 Å². The first-order valence-electron chi connectivity index (χ1n) is 29.5. The van der Waals surface area contributed by atoms with Crippen LogP contribution in [0.25, 0.3) is 33.1 Å². The number of benzene rings is 7. The van der Waals surface area contributed by atoms with E-state index in [9.17, 15) is 0 Å². The predicted molar refractivity (Wildman–Crippen MR) is 330 cm³/mol. The van der Waals surface area contributed by atoms with Crippen molar-refractivity contribution in [2.45, 2.75) is 193 Å². The van der Waals surface area contributed by atoms with Gasteiger partial charge in [0.05, 0.1) is 22.5 Å². The third-order valence-corrected chi connectivity index (χ3v) is 21.4. The minimum Gasteiger partial charge on any atom is -0.454 e. The molecule has 77 heavy (non-hydrogen) atoms. The minimum absolute atomic E-state index is 0.00778. The molecule has 0 N–H and O–H groups in total. The number of anilines is 7. The van der Waals surface area contributed by atoms with Crippen LogP contribution in [0.4, 0.5) is 39.8 Å². The fourth-order valence-corrected chi connectivity index (χ4v) is 16.6. The lowest BCUT2D eigenvalue weighted by Crippen LogP contribution is -2.64. The molecule has 5 heteroatoms. The lowest BCUT2D eigenvalue weighted by Gasteiger charge is -2.54. The van der Waals surface area contributed by atoms with E-state index >= 15 is 0 Å². The van der Waals surface area contributed by atoms with E-state index < -0.39 is 0 Å². The summed E-state index contributed by atoms with van der Waals surface area (Å²) in [6, 6.07) is 46.3. The van der Waals surface area contributed by atoms with E-state index in [1.807, 2.05) is 0 Å².